The maximum Gasteiger partial charge on any atom is 0.327 e. The van der Waals surface area contributed by atoms with E-state index in [0.29, 0.717) is 6.61 Å². The maximum atomic E-state index is 11.5. The van der Waals surface area contributed by atoms with Gasteiger partial charge in [-0.05, 0) is 18.1 Å². The number of benzene rings is 1. The van der Waals surface area contributed by atoms with Gasteiger partial charge in [-0.15, -0.1) is 0 Å². The van der Waals surface area contributed by atoms with Crippen LogP contribution in [0.15, 0.2) is 24.3 Å². The molecule has 0 radical (unpaired) electrons. The first-order chi connectivity index (χ1) is 6.83. The van der Waals surface area contributed by atoms with Gasteiger partial charge in [0.1, 0.15) is 6.04 Å². The van der Waals surface area contributed by atoms with Gasteiger partial charge < -0.3 is 4.74 Å². The van der Waals surface area contributed by atoms with Crippen molar-refractivity contribution in [2.45, 2.75) is 19.5 Å². The van der Waals surface area contributed by atoms with E-state index in [1.54, 1.807) is 0 Å². The third-order valence-electron chi connectivity index (χ3n) is 2.39. The maximum absolute atomic E-state index is 11.5. The number of carbonyl (C=O) groups is 1. The molecule has 1 heterocycles. The Labute approximate surface area is 83.1 Å². The molecule has 2 rings (SSSR count). The average Bonchev–Trinajstić information content (AvgIpc) is 2.61. The van der Waals surface area contributed by atoms with Gasteiger partial charge in [0.2, 0.25) is 0 Å². The van der Waals surface area contributed by atoms with Crippen molar-refractivity contribution < 1.29 is 9.53 Å². The quantitative estimate of drug-likeness (QED) is 0.718. The van der Waals surface area contributed by atoms with E-state index in [1.165, 1.54) is 5.56 Å². The topological polar surface area (TPSA) is 38.3 Å². The first-order valence-electron chi connectivity index (χ1n) is 4.80. The molecule has 0 bridgehead atoms. The van der Waals surface area contributed by atoms with Gasteiger partial charge in [-0.25, -0.2) is 4.79 Å². The number of esters is 1. The van der Waals surface area contributed by atoms with Crippen LogP contribution in [0.1, 0.15) is 24.1 Å². The summed E-state index contributed by atoms with van der Waals surface area (Å²) < 4.78 is 4.98. The van der Waals surface area contributed by atoms with E-state index >= 15 is 0 Å². The smallest absolute Gasteiger partial charge is 0.327 e. The molecular formula is C11H13NO2. The minimum Gasteiger partial charge on any atom is -0.465 e. The molecule has 1 atom stereocenters. The third-order valence-corrected chi connectivity index (χ3v) is 2.39. The monoisotopic (exact) mass is 191 g/mol. The number of ether oxygens (including phenoxy) is 1. The van der Waals surface area contributed by atoms with E-state index in [0.717, 1.165) is 12.1 Å². The van der Waals surface area contributed by atoms with Crippen LogP contribution in [0.2, 0.25) is 0 Å². The lowest BCUT2D eigenvalue weighted by atomic mass is 10.1. The van der Waals surface area contributed by atoms with Gasteiger partial charge in [0.15, 0.2) is 0 Å². The second-order valence-corrected chi connectivity index (χ2v) is 3.26. The molecular weight excluding hydrogens is 178 g/mol. The van der Waals surface area contributed by atoms with Crippen LogP contribution < -0.4 is 5.32 Å². The highest BCUT2D eigenvalue weighted by Crippen LogP contribution is 2.25. The first kappa shape index (κ1) is 9.21. The molecule has 0 unspecified atom stereocenters. The van der Waals surface area contributed by atoms with E-state index in [2.05, 4.69) is 5.32 Å². The highest BCUT2D eigenvalue weighted by atomic mass is 16.5. The van der Waals surface area contributed by atoms with E-state index in [9.17, 15) is 4.79 Å². The van der Waals surface area contributed by atoms with Crippen LogP contribution in [0.25, 0.3) is 0 Å². The fourth-order valence-corrected chi connectivity index (χ4v) is 1.73. The molecule has 1 aromatic rings. The lowest BCUT2D eigenvalue weighted by Gasteiger charge is -2.10. The van der Waals surface area contributed by atoms with E-state index in [-0.39, 0.29) is 12.0 Å². The van der Waals surface area contributed by atoms with Crippen molar-refractivity contribution in [1.82, 2.24) is 5.32 Å². The van der Waals surface area contributed by atoms with Crippen LogP contribution in [0.4, 0.5) is 0 Å². The average molecular weight is 191 g/mol. The Morgan fingerprint density at radius 3 is 3.14 bits per heavy atom. The fraction of sp³-hybridized carbons (Fsp3) is 0.364. The Balaban J connectivity index is 2.21. The number of carbonyl (C=O) groups excluding carboxylic acids is 1. The molecule has 1 aliphatic heterocycles. The van der Waals surface area contributed by atoms with Crippen LogP contribution in [-0.4, -0.2) is 12.6 Å². The summed E-state index contributed by atoms with van der Waals surface area (Å²) in [6, 6.07) is 7.65. The molecule has 0 spiro atoms. The Morgan fingerprint density at radius 2 is 2.36 bits per heavy atom. The van der Waals surface area contributed by atoms with Crippen molar-refractivity contribution >= 4 is 5.97 Å². The summed E-state index contributed by atoms with van der Waals surface area (Å²) in [5.74, 6) is -0.183. The molecule has 1 aromatic carbocycles. The standard InChI is InChI=1S/C11H13NO2/c1-2-14-11(13)10-9-6-4-3-5-8(9)7-12-10/h3-6,10,12H,2,7H2,1H3/t10-/m1/s1. The zero-order valence-electron chi connectivity index (χ0n) is 8.12. The van der Waals surface area contributed by atoms with Gasteiger partial charge >= 0.3 is 5.97 Å². The van der Waals surface area contributed by atoms with Crippen molar-refractivity contribution in [2.75, 3.05) is 6.61 Å². The summed E-state index contributed by atoms with van der Waals surface area (Å²) in [5, 5.41) is 3.13. The van der Waals surface area contributed by atoms with Crippen LogP contribution in [0, 0.1) is 0 Å². The summed E-state index contributed by atoms with van der Waals surface area (Å²) in [7, 11) is 0. The van der Waals surface area contributed by atoms with Gasteiger partial charge in [0.05, 0.1) is 6.61 Å². The molecule has 0 amide bonds. The molecule has 0 saturated heterocycles. The Hall–Kier alpha value is -1.35. The van der Waals surface area contributed by atoms with Gasteiger partial charge in [-0.2, -0.15) is 0 Å². The van der Waals surface area contributed by atoms with Crippen molar-refractivity contribution in [1.29, 1.82) is 0 Å². The van der Waals surface area contributed by atoms with Crippen molar-refractivity contribution in [3.05, 3.63) is 35.4 Å². The van der Waals surface area contributed by atoms with E-state index < -0.39 is 0 Å². The molecule has 3 nitrogen and oxygen atoms in total. The van der Waals surface area contributed by atoms with Crippen molar-refractivity contribution in [2.24, 2.45) is 0 Å². The predicted molar refractivity (Wildman–Crippen MR) is 52.7 cm³/mol. The Morgan fingerprint density at radius 1 is 1.57 bits per heavy atom. The van der Waals surface area contributed by atoms with Gasteiger partial charge in [-0.1, -0.05) is 24.3 Å². The number of rotatable bonds is 2. The highest BCUT2D eigenvalue weighted by molar-refractivity contribution is 5.79. The fourth-order valence-electron chi connectivity index (χ4n) is 1.73. The molecule has 0 aliphatic carbocycles. The largest absolute Gasteiger partial charge is 0.465 e. The molecule has 74 valence electrons. The minimum absolute atomic E-state index is 0.183. The molecule has 1 aliphatic rings. The van der Waals surface area contributed by atoms with Gasteiger partial charge in [0, 0.05) is 6.54 Å². The lowest BCUT2D eigenvalue weighted by Crippen LogP contribution is -2.24. The highest BCUT2D eigenvalue weighted by Gasteiger charge is 2.28. The Bertz CT molecular complexity index is 349. The molecule has 0 saturated carbocycles. The van der Waals surface area contributed by atoms with Gasteiger partial charge in [0.25, 0.3) is 0 Å². The molecule has 1 N–H and O–H groups in total. The first-order valence-corrected chi connectivity index (χ1v) is 4.80. The molecule has 0 fully saturated rings. The van der Waals surface area contributed by atoms with Crippen molar-refractivity contribution in [3.63, 3.8) is 0 Å². The van der Waals surface area contributed by atoms with Crippen LogP contribution in [0.3, 0.4) is 0 Å². The summed E-state index contributed by atoms with van der Waals surface area (Å²) in [6.45, 7) is 3.00. The lowest BCUT2D eigenvalue weighted by molar-refractivity contribution is -0.145. The third kappa shape index (κ3) is 1.51. The summed E-state index contributed by atoms with van der Waals surface area (Å²) in [4.78, 5) is 11.5. The zero-order chi connectivity index (χ0) is 9.97. The molecule has 14 heavy (non-hydrogen) atoms. The van der Waals surface area contributed by atoms with E-state index in [1.807, 2.05) is 31.2 Å². The molecule has 0 aromatic heterocycles. The second kappa shape index (κ2) is 3.80. The normalized spacial score (nSPS) is 19.1. The molecule has 3 heteroatoms. The number of hydrogen-bond donors (Lipinski definition) is 1. The summed E-state index contributed by atoms with van der Waals surface area (Å²) in [6.07, 6.45) is 0. The van der Waals surface area contributed by atoms with E-state index in [4.69, 9.17) is 4.74 Å². The Kier molecular flexibility index (Phi) is 2.50. The zero-order valence-corrected chi connectivity index (χ0v) is 8.12. The van der Waals surface area contributed by atoms with Gasteiger partial charge in [-0.3, -0.25) is 5.32 Å². The second-order valence-electron chi connectivity index (χ2n) is 3.26. The number of fused-ring (bicyclic) bond motifs is 1. The number of hydrogen-bond acceptors (Lipinski definition) is 3. The minimum atomic E-state index is -0.272. The summed E-state index contributed by atoms with van der Waals surface area (Å²) >= 11 is 0. The van der Waals surface area contributed by atoms with Crippen molar-refractivity contribution in [3.8, 4) is 0 Å². The van der Waals surface area contributed by atoms with Crippen LogP contribution >= 0.6 is 0 Å². The van der Waals surface area contributed by atoms with Crippen LogP contribution in [0.5, 0.6) is 0 Å². The SMILES string of the molecule is CCOC(=O)[C@@H]1NCc2ccccc21. The van der Waals surface area contributed by atoms with Crippen LogP contribution in [-0.2, 0) is 16.1 Å². The predicted octanol–water partition coefficient (Wildman–Crippen LogP) is 1.39. The summed E-state index contributed by atoms with van der Waals surface area (Å²) in [5.41, 5.74) is 2.23. The number of nitrogens with one attached hydrogen (secondary N) is 1.